The molecule has 5 aliphatic rings. The van der Waals surface area contributed by atoms with E-state index < -0.39 is 180 Å². The van der Waals surface area contributed by atoms with Gasteiger partial charge in [-0.25, -0.2) is 0 Å². The Morgan fingerprint density at radius 2 is 0.691 bits per heavy atom. The first kappa shape index (κ1) is 45.1. The number of hydrogen-bond donors (Lipinski definition) is 17. The molecule has 24 atom stereocenters. The summed E-state index contributed by atoms with van der Waals surface area (Å²) in [4.78, 5) is 0. The van der Waals surface area contributed by atoms with Crippen molar-refractivity contribution in [2.75, 3.05) is 39.6 Å². The normalized spacial score (nSPS) is 52.6. The van der Waals surface area contributed by atoms with E-state index in [1.807, 2.05) is 0 Å². The van der Waals surface area contributed by atoms with Gasteiger partial charge in [0.15, 0.2) is 25.2 Å². The van der Waals surface area contributed by atoms with Gasteiger partial charge in [0.1, 0.15) is 110 Å². The second-order valence-corrected chi connectivity index (χ2v) is 14.0. The number of hydrogen-bond acceptors (Lipinski definition) is 25. The fraction of sp³-hybridized carbons (Fsp3) is 1.00. The van der Waals surface area contributed by atoms with E-state index in [1.54, 1.807) is 0 Å². The van der Waals surface area contributed by atoms with Gasteiger partial charge < -0.3 is 125 Å². The lowest BCUT2D eigenvalue weighted by atomic mass is 9.94. The van der Waals surface area contributed by atoms with Crippen LogP contribution in [0, 0.1) is 0 Å². The molecule has 0 saturated carbocycles. The van der Waals surface area contributed by atoms with Gasteiger partial charge in [0.25, 0.3) is 0 Å². The Morgan fingerprint density at radius 1 is 0.364 bits per heavy atom. The first-order chi connectivity index (χ1) is 26.1. The van der Waals surface area contributed by atoms with Crippen LogP contribution in [0.5, 0.6) is 0 Å². The van der Waals surface area contributed by atoms with E-state index in [9.17, 15) is 81.7 Å². The molecule has 0 bridgehead atoms. The molecule has 17 N–H and O–H groups in total. The zero-order valence-corrected chi connectivity index (χ0v) is 29.0. The Balaban J connectivity index is 1.33. The maximum atomic E-state index is 11.4. The highest BCUT2D eigenvalue weighted by Crippen LogP contribution is 2.35. The molecule has 0 aromatic heterocycles. The van der Waals surface area contributed by atoms with Crippen LogP contribution in [0.3, 0.4) is 0 Å². The van der Waals surface area contributed by atoms with Gasteiger partial charge in [0.2, 0.25) is 0 Å². The van der Waals surface area contributed by atoms with Gasteiger partial charge in [0.05, 0.1) is 45.2 Å². The molecule has 5 saturated heterocycles. The summed E-state index contributed by atoms with van der Waals surface area (Å²) in [5.74, 6) is 0. The van der Waals surface area contributed by atoms with E-state index >= 15 is 0 Å². The van der Waals surface area contributed by atoms with Crippen molar-refractivity contribution in [2.24, 2.45) is 0 Å². The summed E-state index contributed by atoms with van der Waals surface area (Å²) >= 11 is 0. The van der Waals surface area contributed by atoms with Crippen LogP contribution in [0.25, 0.3) is 0 Å². The Morgan fingerprint density at radius 3 is 1.04 bits per heavy atom. The number of nitrogens with one attached hydrogen (secondary N) is 1. The molecule has 5 rings (SSSR count). The van der Waals surface area contributed by atoms with Crippen molar-refractivity contribution < 1.29 is 120 Å². The smallest absolute Gasteiger partial charge is 0.187 e. The van der Waals surface area contributed by atoms with E-state index in [2.05, 4.69) is 5.32 Å². The van der Waals surface area contributed by atoms with Crippen LogP contribution in [0.1, 0.15) is 0 Å². The average molecular weight is 812 g/mol. The third kappa shape index (κ3) is 9.26. The third-order valence-electron chi connectivity index (χ3n) is 10.4. The Labute approximate surface area is 311 Å². The van der Waals surface area contributed by atoms with Crippen LogP contribution in [0.4, 0.5) is 0 Å². The summed E-state index contributed by atoms with van der Waals surface area (Å²) < 4.78 is 44.4. The summed E-state index contributed by atoms with van der Waals surface area (Å²) in [6.07, 6.45) is -41.6. The molecule has 5 heterocycles. The van der Waals surface area contributed by atoms with Crippen molar-refractivity contribution in [3.05, 3.63) is 0 Å². The molecule has 5 aliphatic heterocycles. The number of β-amino-alcohol motifs (C(OH)–C–C–N with tert-alkyl or cyclic N) is 1. The van der Waals surface area contributed by atoms with E-state index in [1.165, 1.54) is 0 Å². The zero-order valence-electron chi connectivity index (χ0n) is 29.0. The Bertz CT molecular complexity index is 1180. The number of aliphatic hydroxyl groups excluding tert-OH is 16. The van der Waals surface area contributed by atoms with Crippen LogP contribution in [-0.4, -0.2) is 268 Å². The maximum absolute atomic E-state index is 11.4. The molecule has 322 valence electrons. The standard InChI is InChI=1S/C30H53NO24/c32-2-7-13(38)23(8(37)1-31-7)52-28-20(45)25(16(41)10(4-34)49-28)54-30-22(47)26(17(42)12(6-36)51-30)55-29-21(46)24(15(40)11(5-35)50-29)53-27-19(44)18(43)14(39)9(3-33)48-27/h7-47H,1-6H2/t7-,8+,9-,10-,11-,12-,13-,14-,15-,16-,17-,18+,19-,20-,21-,22-,23-,24+,25+,26+,27+,28+,29+,30+/m1/s1. The van der Waals surface area contributed by atoms with Gasteiger partial charge in [-0.15, -0.1) is 0 Å². The molecule has 25 nitrogen and oxygen atoms in total. The lowest BCUT2D eigenvalue weighted by molar-refractivity contribution is -0.392. The summed E-state index contributed by atoms with van der Waals surface area (Å²) in [6.45, 7) is -4.32. The molecule has 0 aliphatic carbocycles. The average Bonchev–Trinajstić information content (AvgIpc) is 3.17. The summed E-state index contributed by atoms with van der Waals surface area (Å²) in [5, 5.41) is 170. The molecule has 55 heavy (non-hydrogen) atoms. The fourth-order valence-electron chi connectivity index (χ4n) is 7.09. The number of ether oxygens (including phenoxy) is 8. The minimum absolute atomic E-state index is 0.145. The monoisotopic (exact) mass is 811 g/mol. The first-order valence-corrected chi connectivity index (χ1v) is 17.6. The topological polar surface area (TPSA) is 410 Å². The minimum Gasteiger partial charge on any atom is -0.395 e. The van der Waals surface area contributed by atoms with Gasteiger partial charge in [-0.2, -0.15) is 0 Å². The van der Waals surface area contributed by atoms with Crippen molar-refractivity contribution in [3.63, 3.8) is 0 Å². The van der Waals surface area contributed by atoms with Crippen molar-refractivity contribution in [2.45, 2.75) is 147 Å². The van der Waals surface area contributed by atoms with Gasteiger partial charge in [-0.3, -0.25) is 0 Å². The lowest BCUT2D eigenvalue weighted by Crippen LogP contribution is -2.68. The zero-order chi connectivity index (χ0) is 40.5. The molecular formula is C30H53NO24. The van der Waals surface area contributed by atoms with E-state index in [-0.39, 0.29) is 6.54 Å². The van der Waals surface area contributed by atoms with Crippen molar-refractivity contribution in [3.8, 4) is 0 Å². The van der Waals surface area contributed by atoms with Crippen LogP contribution in [-0.2, 0) is 37.9 Å². The summed E-state index contributed by atoms with van der Waals surface area (Å²) in [6, 6.07) is -0.942. The van der Waals surface area contributed by atoms with E-state index in [0.29, 0.717) is 0 Å². The van der Waals surface area contributed by atoms with Crippen LogP contribution < -0.4 is 5.32 Å². The maximum Gasteiger partial charge on any atom is 0.187 e. The van der Waals surface area contributed by atoms with Crippen molar-refractivity contribution >= 4 is 0 Å². The van der Waals surface area contributed by atoms with Crippen LogP contribution >= 0.6 is 0 Å². The Hall–Kier alpha value is -1.00. The molecule has 0 aromatic carbocycles. The largest absolute Gasteiger partial charge is 0.395 e. The quantitative estimate of drug-likeness (QED) is 0.0821. The van der Waals surface area contributed by atoms with E-state index in [4.69, 9.17) is 37.9 Å². The van der Waals surface area contributed by atoms with E-state index in [0.717, 1.165) is 0 Å². The Kier molecular flexibility index (Phi) is 15.9. The number of aliphatic hydroxyl groups is 16. The van der Waals surface area contributed by atoms with Crippen LogP contribution in [0.2, 0.25) is 0 Å². The second-order valence-electron chi connectivity index (χ2n) is 14.0. The lowest BCUT2D eigenvalue weighted by Gasteiger charge is -2.49. The molecule has 5 fully saturated rings. The molecular weight excluding hydrogens is 758 g/mol. The highest BCUT2D eigenvalue weighted by atomic mass is 16.8. The molecule has 0 spiro atoms. The predicted octanol–water partition coefficient (Wildman–Crippen LogP) is -11.7. The second kappa shape index (κ2) is 19.4. The number of piperidine rings is 1. The van der Waals surface area contributed by atoms with Gasteiger partial charge in [-0.05, 0) is 0 Å². The van der Waals surface area contributed by atoms with Crippen molar-refractivity contribution in [1.82, 2.24) is 5.32 Å². The number of rotatable bonds is 13. The SMILES string of the molecule is OC[C@H]1NC[C@H](O)[C@@H](O[C@@H]2O[C@H](CO)[C@@H](O)[C@H](O[C@@H]3O[C@H](CO)[C@@H](O)[C@H](O[C@@H]4O[C@H](CO)[C@@H](O)[C@H](O[C@@H]5O[C@H](CO)[C@@H](O)[C@H](O)[C@H]5O)[C@H]4O)[C@H]3O)[C@H]2O)[C@@H]1O. The molecule has 0 unspecified atom stereocenters. The highest BCUT2D eigenvalue weighted by molar-refractivity contribution is 4.99. The van der Waals surface area contributed by atoms with Crippen LogP contribution in [0.15, 0.2) is 0 Å². The van der Waals surface area contributed by atoms with Gasteiger partial charge in [-0.1, -0.05) is 0 Å². The first-order valence-electron chi connectivity index (χ1n) is 17.6. The van der Waals surface area contributed by atoms with Gasteiger partial charge >= 0.3 is 0 Å². The predicted molar refractivity (Wildman–Crippen MR) is 167 cm³/mol. The van der Waals surface area contributed by atoms with Gasteiger partial charge in [0, 0.05) is 6.54 Å². The van der Waals surface area contributed by atoms with Crippen molar-refractivity contribution in [1.29, 1.82) is 0 Å². The minimum atomic E-state index is -2.13. The highest BCUT2D eigenvalue weighted by Gasteiger charge is 2.56. The summed E-state index contributed by atoms with van der Waals surface area (Å²) in [7, 11) is 0. The summed E-state index contributed by atoms with van der Waals surface area (Å²) in [5.41, 5.74) is 0. The fourth-order valence-corrected chi connectivity index (χ4v) is 7.09. The molecule has 0 amide bonds. The third-order valence-corrected chi connectivity index (χ3v) is 10.4. The molecule has 0 radical (unpaired) electrons. The molecule has 0 aromatic rings. The molecule has 25 heteroatoms.